The maximum atomic E-state index is 12.7. The van der Waals surface area contributed by atoms with E-state index in [1.54, 1.807) is 36.7 Å². The molecule has 0 saturated carbocycles. The van der Waals surface area contributed by atoms with Crippen molar-refractivity contribution < 1.29 is 12.8 Å². The fraction of sp³-hybridized carbons (Fsp3) is 0.143. The molecule has 0 fully saturated rings. The number of nitrogens with zero attached hydrogens (tertiary/aromatic N) is 3. The Balaban J connectivity index is 1.47. The lowest BCUT2D eigenvalue weighted by atomic mass is 10.2. The molecule has 6 nitrogen and oxygen atoms in total. The quantitative estimate of drug-likeness (QED) is 0.438. The summed E-state index contributed by atoms with van der Waals surface area (Å²) in [4.78, 5) is 8.52. The summed E-state index contributed by atoms with van der Waals surface area (Å²) in [5.74, 6) is 0.428. The first-order valence-corrected chi connectivity index (χ1v) is 11.1. The minimum absolute atomic E-state index is 0.174. The molecule has 0 saturated heterocycles. The Kier molecular flexibility index (Phi) is 5.51. The van der Waals surface area contributed by atoms with Crippen molar-refractivity contribution in [2.45, 2.75) is 18.1 Å². The molecule has 0 aliphatic rings. The second-order valence-electron chi connectivity index (χ2n) is 6.64. The number of halogens is 1. The predicted octanol–water partition coefficient (Wildman–Crippen LogP) is 4.35. The molecule has 0 N–H and O–H groups in total. The van der Waals surface area contributed by atoms with Gasteiger partial charge < -0.3 is 8.98 Å². The average Bonchev–Trinajstić information content (AvgIpc) is 3.32. The van der Waals surface area contributed by atoms with Crippen LogP contribution in [0.3, 0.4) is 0 Å². The fourth-order valence-corrected chi connectivity index (χ4v) is 4.51. The van der Waals surface area contributed by atoms with E-state index in [1.165, 1.54) is 6.26 Å². The molecule has 4 rings (SSSR count). The number of aromatic nitrogens is 3. The largest absolute Gasteiger partial charge is 0.444 e. The lowest BCUT2D eigenvalue weighted by Gasteiger charge is -2.08. The smallest absolute Gasteiger partial charge is 0.226 e. The first kappa shape index (κ1) is 19.4. The van der Waals surface area contributed by atoms with E-state index in [-0.39, 0.29) is 11.5 Å². The van der Waals surface area contributed by atoms with E-state index in [4.69, 9.17) is 16.0 Å². The molecule has 0 aliphatic carbocycles. The Bertz CT molecular complexity index is 1220. The third kappa shape index (κ3) is 4.93. The summed E-state index contributed by atoms with van der Waals surface area (Å²) in [6, 6.07) is 16.9. The number of rotatable bonds is 7. The molecule has 0 bridgehead atoms. The lowest BCUT2D eigenvalue weighted by Crippen LogP contribution is -2.13. The van der Waals surface area contributed by atoms with E-state index in [9.17, 15) is 8.42 Å². The van der Waals surface area contributed by atoms with Crippen LogP contribution in [0.4, 0.5) is 0 Å². The van der Waals surface area contributed by atoms with Crippen molar-refractivity contribution in [1.82, 2.24) is 14.5 Å². The summed E-state index contributed by atoms with van der Waals surface area (Å²) in [5, 5.41) is 0.556. The summed E-state index contributed by atoms with van der Waals surface area (Å²) in [6.45, 7) is 0.564. The van der Waals surface area contributed by atoms with Gasteiger partial charge in [0.25, 0.3) is 0 Å². The van der Waals surface area contributed by atoms with Gasteiger partial charge in [-0.15, -0.1) is 0 Å². The standard InChI is InChI=1S/C21H18ClN3O3S/c22-18-8-4-7-17(11-18)21-24-19(13-28-21)14-29(26,27)15-20-23-9-10-25(20)12-16-5-2-1-3-6-16/h1-11,13H,12,14-15H2. The van der Waals surface area contributed by atoms with Crippen LogP contribution in [-0.2, 0) is 27.9 Å². The van der Waals surface area contributed by atoms with E-state index in [0.717, 1.165) is 5.56 Å². The summed E-state index contributed by atoms with van der Waals surface area (Å²) < 4.78 is 32.7. The van der Waals surface area contributed by atoms with Gasteiger partial charge in [0.05, 0.1) is 11.4 Å². The normalized spacial score (nSPS) is 11.6. The van der Waals surface area contributed by atoms with Crippen LogP contribution in [0.1, 0.15) is 17.1 Å². The van der Waals surface area contributed by atoms with Gasteiger partial charge in [0.1, 0.15) is 17.8 Å². The summed E-state index contributed by atoms with van der Waals surface area (Å²) in [6.07, 6.45) is 4.76. The Morgan fingerprint density at radius 2 is 1.86 bits per heavy atom. The van der Waals surface area contributed by atoms with E-state index in [2.05, 4.69) is 9.97 Å². The Hall–Kier alpha value is -2.90. The fourth-order valence-electron chi connectivity index (χ4n) is 3.00. The monoisotopic (exact) mass is 427 g/mol. The highest BCUT2D eigenvalue weighted by atomic mass is 35.5. The summed E-state index contributed by atoms with van der Waals surface area (Å²) >= 11 is 5.99. The molecule has 8 heteroatoms. The molecule has 2 aromatic carbocycles. The van der Waals surface area contributed by atoms with Crippen LogP contribution in [0, 0.1) is 0 Å². The van der Waals surface area contributed by atoms with Crippen molar-refractivity contribution in [1.29, 1.82) is 0 Å². The molecular formula is C21H18ClN3O3S. The van der Waals surface area contributed by atoms with Gasteiger partial charge in [0.2, 0.25) is 5.89 Å². The molecule has 148 valence electrons. The maximum absolute atomic E-state index is 12.7. The molecule has 29 heavy (non-hydrogen) atoms. The van der Waals surface area contributed by atoms with Gasteiger partial charge in [-0.2, -0.15) is 0 Å². The first-order valence-electron chi connectivity index (χ1n) is 8.93. The Morgan fingerprint density at radius 1 is 1.03 bits per heavy atom. The molecule has 0 unspecified atom stereocenters. The molecule has 2 aromatic heterocycles. The zero-order chi connectivity index (χ0) is 20.3. The van der Waals surface area contributed by atoms with Crippen LogP contribution in [0.2, 0.25) is 5.02 Å². The van der Waals surface area contributed by atoms with Crippen molar-refractivity contribution in [2.75, 3.05) is 0 Å². The van der Waals surface area contributed by atoms with E-state index in [0.29, 0.717) is 34.5 Å². The Morgan fingerprint density at radius 3 is 2.66 bits per heavy atom. The molecule has 0 amide bonds. The molecule has 4 aromatic rings. The predicted molar refractivity (Wildman–Crippen MR) is 111 cm³/mol. The highest BCUT2D eigenvalue weighted by Crippen LogP contribution is 2.23. The van der Waals surface area contributed by atoms with Gasteiger partial charge in [-0.25, -0.2) is 18.4 Å². The highest BCUT2D eigenvalue weighted by Gasteiger charge is 2.19. The number of hydrogen-bond acceptors (Lipinski definition) is 5. The van der Waals surface area contributed by atoms with Gasteiger partial charge >= 0.3 is 0 Å². The molecule has 0 aliphatic heterocycles. The van der Waals surface area contributed by atoms with Crippen LogP contribution in [0.5, 0.6) is 0 Å². The number of imidazole rings is 1. The molecular weight excluding hydrogens is 410 g/mol. The average molecular weight is 428 g/mol. The van der Waals surface area contributed by atoms with E-state index >= 15 is 0 Å². The first-order chi connectivity index (χ1) is 14.0. The maximum Gasteiger partial charge on any atom is 0.226 e. The molecule has 0 radical (unpaired) electrons. The van der Waals surface area contributed by atoms with Crippen LogP contribution in [0.25, 0.3) is 11.5 Å². The van der Waals surface area contributed by atoms with Gasteiger partial charge in [-0.05, 0) is 23.8 Å². The van der Waals surface area contributed by atoms with E-state index in [1.807, 2.05) is 34.9 Å². The zero-order valence-electron chi connectivity index (χ0n) is 15.4. The van der Waals surface area contributed by atoms with Gasteiger partial charge in [0, 0.05) is 29.5 Å². The second-order valence-corrected chi connectivity index (χ2v) is 9.14. The highest BCUT2D eigenvalue weighted by molar-refractivity contribution is 7.89. The minimum atomic E-state index is -3.48. The van der Waals surface area contributed by atoms with Crippen LogP contribution in [-0.4, -0.2) is 23.0 Å². The third-order valence-corrected chi connectivity index (χ3v) is 6.01. The summed E-state index contributed by atoms with van der Waals surface area (Å²) in [7, 11) is -3.48. The van der Waals surface area contributed by atoms with E-state index < -0.39 is 9.84 Å². The van der Waals surface area contributed by atoms with Gasteiger partial charge in [-0.3, -0.25) is 0 Å². The van der Waals surface area contributed by atoms with Crippen molar-refractivity contribution in [3.63, 3.8) is 0 Å². The molecule has 2 heterocycles. The van der Waals surface area contributed by atoms with Crippen LogP contribution >= 0.6 is 11.6 Å². The van der Waals surface area contributed by atoms with Crippen LogP contribution in [0.15, 0.2) is 77.7 Å². The SMILES string of the molecule is O=S(=O)(Cc1coc(-c2cccc(Cl)c2)n1)Cc1nccn1Cc1ccccc1. The number of sulfone groups is 1. The number of hydrogen-bond donors (Lipinski definition) is 0. The van der Waals surface area contributed by atoms with Crippen molar-refractivity contribution in [3.05, 3.63) is 95.4 Å². The topological polar surface area (TPSA) is 78.0 Å². The van der Waals surface area contributed by atoms with Crippen LogP contribution < -0.4 is 0 Å². The lowest BCUT2D eigenvalue weighted by molar-refractivity contribution is 0.571. The van der Waals surface area contributed by atoms with Crippen molar-refractivity contribution >= 4 is 21.4 Å². The minimum Gasteiger partial charge on any atom is -0.444 e. The summed E-state index contributed by atoms with van der Waals surface area (Å²) in [5.41, 5.74) is 2.12. The third-order valence-electron chi connectivity index (χ3n) is 4.34. The van der Waals surface area contributed by atoms with Gasteiger partial charge in [0.15, 0.2) is 9.84 Å². The molecule has 0 atom stereocenters. The number of benzene rings is 2. The van der Waals surface area contributed by atoms with Crippen molar-refractivity contribution in [2.24, 2.45) is 0 Å². The van der Waals surface area contributed by atoms with Gasteiger partial charge in [-0.1, -0.05) is 48.0 Å². The Labute approximate surface area is 173 Å². The van der Waals surface area contributed by atoms with Crippen molar-refractivity contribution in [3.8, 4) is 11.5 Å². The molecule has 0 spiro atoms. The second kappa shape index (κ2) is 8.23. The zero-order valence-corrected chi connectivity index (χ0v) is 17.0. The number of oxazole rings is 1.